The van der Waals surface area contributed by atoms with Gasteiger partial charge in [0.1, 0.15) is 5.60 Å². The van der Waals surface area contributed by atoms with Gasteiger partial charge in [0.15, 0.2) is 0 Å². The van der Waals surface area contributed by atoms with E-state index in [0.29, 0.717) is 12.5 Å². The molecule has 2 aliphatic rings. The van der Waals surface area contributed by atoms with Crippen molar-refractivity contribution in [3.63, 3.8) is 0 Å². The largest absolute Gasteiger partial charge is 0.441 e. The highest BCUT2D eigenvalue weighted by Crippen LogP contribution is 2.30. The Hall–Kier alpha value is -0.770. The van der Waals surface area contributed by atoms with Gasteiger partial charge in [0.05, 0.1) is 6.54 Å². The molecule has 0 aliphatic carbocycles. The number of nitrogens with one attached hydrogen (secondary N) is 1. The summed E-state index contributed by atoms with van der Waals surface area (Å²) >= 11 is 0. The highest BCUT2D eigenvalue weighted by atomic mass is 16.6. The Balaban J connectivity index is 1.80. The van der Waals surface area contributed by atoms with E-state index in [0.717, 1.165) is 13.0 Å². The molecule has 92 valence electrons. The summed E-state index contributed by atoms with van der Waals surface area (Å²) in [4.78, 5) is 13.5. The van der Waals surface area contributed by atoms with Crippen LogP contribution in [0.5, 0.6) is 0 Å². The first-order valence-corrected chi connectivity index (χ1v) is 6.30. The summed E-state index contributed by atoms with van der Waals surface area (Å²) in [6.45, 7) is 8.46. The van der Waals surface area contributed by atoms with Crippen LogP contribution in [0.3, 0.4) is 0 Å². The number of alkyl carbamates (subject to hydrolysis) is 1. The fourth-order valence-corrected chi connectivity index (χ4v) is 2.79. The Kier molecular flexibility index (Phi) is 3.38. The number of carbonyl (C=O) groups excluding carboxylic acids is 1. The van der Waals surface area contributed by atoms with E-state index in [-0.39, 0.29) is 11.7 Å². The molecule has 1 atom stereocenters. The molecule has 16 heavy (non-hydrogen) atoms. The van der Waals surface area contributed by atoms with Gasteiger partial charge in [-0.15, -0.1) is 0 Å². The van der Waals surface area contributed by atoms with E-state index in [1.165, 1.54) is 25.9 Å². The first-order valence-electron chi connectivity index (χ1n) is 6.30. The lowest BCUT2D eigenvalue weighted by Crippen LogP contribution is -2.38. The summed E-state index contributed by atoms with van der Waals surface area (Å²) < 4.78 is 5.34. The molecule has 0 bridgehead atoms. The van der Waals surface area contributed by atoms with Gasteiger partial charge in [-0.05, 0) is 51.7 Å². The standard InChI is InChI=1S/C12H22N2O2/c1-3-14-6-4-10(5-7-14)8-12(2)9-13-11(15)16-12/h10H,3-9H2,1-2H3,(H,13,15). The van der Waals surface area contributed by atoms with Crippen molar-refractivity contribution in [2.45, 2.75) is 38.7 Å². The molecular weight excluding hydrogens is 204 g/mol. The minimum Gasteiger partial charge on any atom is -0.441 e. The van der Waals surface area contributed by atoms with Crippen molar-refractivity contribution in [2.24, 2.45) is 5.92 Å². The number of carbonyl (C=O) groups is 1. The number of amides is 1. The predicted octanol–water partition coefficient (Wildman–Crippen LogP) is 1.61. The lowest BCUT2D eigenvalue weighted by Gasteiger charge is -2.34. The van der Waals surface area contributed by atoms with E-state index >= 15 is 0 Å². The topological polar surface area (TPSA) is 41.6 Å². The van der Waals surface area contributed by atoms with Gasteiger partial charge < -0.3 is 15.0 Å². The summed E-state index contributed by atoms with van der Waals surface area (Å²) in [5.41, 5.74) is -0.268. The molecule has 4 nitrogen and oxygen atoms in total. The highest BCUT2D eigenvalue weighted by Gasteiger charge is 2.38. The van der Waals surface area contributed by atoms with E-state index in [4.69, 9.17) is 4.74 Å². The van der Waals surface area contributed by atoms with Crippen molar-refractivity contribution in [3.8, 4) is 0 Å². The summed E-state index contributed by atoms with van der Waals surface area (Å²) in [6.07, 6.45) is 3.22. The summed E-state index contributed by atoms with van der Waals surface area (Å²) in [7, 11) is 0. The van der Waals surface area contributed by atoms with Gasteiger partial charge >= 0.3 is 6.09 Å². The van der Waals surface area contributed by atoms with Crippen molar-refractivity contribution in [1.82, 2.24) is 10.2 Å². The molecule has 0 aromatic heterocycles. The predicted molar refractivity (Wildman–Crippen MR) is 62.3 cm³/mol. The molecule has 0 radical (unpaired) electrons. The van der Waals surface area contributed by atoms with Crippen LogP contribution >= 0.6 is 0 Å². The monoisotopic (exact) mass is 226 g/mol. The lowest BCUT2D eigenvalue weighted by atomic mass is 9.85. The minimum absolute atomic E-state index is 0.256. The van der Waals surface area contributed by atoms with Gasteiger partial charge in [0.25, 0.3) is 0 Å². The molecule has 2 saturated heterocycles. The summed E-state index contributed by atoms with van der Waals surface area (Å²) in [6, 6.07) is 0. The van der Waals surface area contributed by atoms with Crippen LogP contribution in [0.2, 0.25) is 0 Å². The van der Waals surface area contributed by atoms with E-state index in [9.17, 15) is 4.79 Å². The van der Waals surface area contributed by atoms with Crippen LogP contribution in [-0.4, -0.2) is 42.8 Å². The average Bonchev–Trinajstić information content (AvgIpc) is 2.59. The smallest absolute Gasteiger partial charge is 0.407 e. The average molecular weight is 226 g/mol. The van der Waals surface area contributed by atoms with Crippen molar-refractivity contribution in [2.75, 3.05) is 26.2 Å². The van der Waals surface area contributed by atoms with Crippen LogP contribution in [0.1, 0.15) is 33.1 Å². The number of ether oxygens (including phenoxy) is 1. The summed E-state index contributed by atoms with van der Waals surface area (Å²) in [5.74, 6) is 0.709. The molecule has 2 rings (SSSR count). The zero-order chi connectivity index (χ0) is 11.6. The molecule has 1 N–H and O–H groups in total. The van der Waals surface area contributed by atoms with Gasteiger partial charge in [-0.2, -0.15) is 0 Å². The third kappa shape index (κ3) is 2.67. The van der Waals surface area contributed by atoms with E-state index < -0.39 is 0 Å². The molecule has 2 heterocycles. The van der Waals surface area contributed by atoms with Gasteiger partial charge in [-0.1, -0.05) is 6.92 Å². The fourth-order valence-electron chi connectivity index (χ4n) is 2.79. The molecule has 0 spiro atoms. The van der Waals surface area contributed by atoms with Gasteiger partial charge in [0, 0.05) is 0 Å². The molecule has 0 aromatic rings. The number of hydrogen-bond donors (Lipinski definition) is 1. The fraction of sp³-hybridized carbons (Fsp3) is 0.917. The van der Waals surface area contributed by atoms with Crippen LogP contribution in [0, 0.1) is 5.92 Å². The van der Waals surface area contributed by atoms with Crippen molar-refractivity contribution in [3.05, 3.63) is 0 Å². The molecular formula is C12H22N2O2. The van der Waals surface area contributed by atoms with Crippen LogP contribution in [0.4, 0.5) is 4.79 Å². The Morgan fingerprint density at radius 1 is 1.50 bits per heavy atom. The van der Waals surface area contributed by atoms with Gasteiger partial charge in [-0.3, -0.25) is 0 Å². The van der Waals surface area contributed by atoms with Crippen LogP contribution in [0.15, 0.2) is 0 Å². The highest BCUT2D eigenvalue weighted by molar-refractivity contribution is 5.70. The normalized spacial score (nSPS) is 32.5. The molecule has 1 amide bonds. The molecule has 2 fully saturated rings. The number of piperidine rings is 1. The first-order chi connectivity index (χ1) is 7.61. The van der Waals surface area contributed by atoms with Crippen molar-refractivity contribution >= 4 is 6.09 Å². The van der Waals surface area contributed by atoms with E-state index in [1.807, 2.05) is 6.92 Å². The lowest BCUT2D eigenvalue weighted by molar-refractivity contribution is 0.0391. The maximum atomic E-state index is 11.1. The molecule has 0 saturated carbocycles. The van der Waals surface area contributed by atoms with Crippen LogP contribution in [0.25, 0.3) is 0 Å². The maximum Gasteiger partial charge on any atom is 0.407 e. The number of likely N-dealkylation sites (tertiary alicyclic amines) is 1. The second-order valence-corrected chi connectivity index (χ2v) is 5.27. The first kappa shape index (κ1) is 11.7. The van der Waals surface area contributed by atoms with Crippen molar-refractivity contribution < 1.29 is 9.53 Å². The molecule has 2 aliphatic heterocycles. The zero-order valence-electron chi connectivity index (χ0n) is 10.3. The second kappa shape index (κ2) is 4.62. The quantitative estimate of drug-likeness (QED) is 0.795. The number of nitrogens with zero attached hydrogens (tertiary/aromatic N) is 1. The minimum atomic E-state index is -0.268. The van der Waals surface area contributed by atoms with Gasteiger partial charge in [0.2, 0.25) is 0 Å². The van der Waals surface area contributed by atoms with Crippen LogP contribution < -0.4 is 5.32 Å². The molecule has 0 aromatic carbocycles. The zero-order valence-corrected chi connectivity index (χ0v) is 10.3. The Bertz CT molecular complexity index is 262. The van der Waals surface area contributed by atoms with Crippen LogP contribution in [-0.2, 0) is 4.74 Å². The second-order valence-electron chi connectivity index (χ2n) is 5.27. The maximum absolute atomic E-state index is 11.1. The van der Waals surface area contributed by atoms with E-state index in [2.05, 4.69) is 17.1 Å². The Morgan fingerprint density at radius 2 is 2.19 bits per heavy atom. The number of cyclic esters (lactones) is 1. The molecule has 1 unspecified atom stereocenters. The van der Waals surface area contributed by atoms with E-state index in [1.54, 1.807) is 0 Å². The number of hydrogen-bond acceptors (Lipinski definition) is 3. The molecule has 4 heteroatoms. The summed E-state index contributed by atoms with van der Waals surface area (Å²) in [5, 5.41) is 2.75. The third-order valence-electron chi connectivity index (χ3n) is 3.82. The third-order valence-corrected chi connectivity index (χ3v) is 3.82. The van der Waals surface area contributed by atoms with Crippen molar-refractivity contribution in [1.29, 1.82) is 0 Å². The number of rotatable bonds is 3. The Morgan fingerprint density at radius 3 is 2.69 bits per heavy atom. The Labute approximate surface area is 97.3 Å². The SMILES string of the molecule is CCN1CCC(CC2(C)CNC(=O)O2)CC1. The van der Waals surface area contributed by atoms with Gasteiger partial charge in [-0.25, -0.2) is 4.79 Å².